The molecular formula is C29H27NO2. The Morgan fingerprint density at radius 1 is 0.781 bits per heavy atom. The van der Waals surface area contributed by atoms with E-state index in [1.807, 2.05) is 109 Å². The quantitative estimate of drug-likeness (QED) is 0.316. The Labute approximate surface area is 189 Å². The smallest absolute Gasteiger partial charge is 0.254 e. The third kappa shape index (κ3) is 5.25. The van der Waals surface area contributed by atoms with E-state index in [2.05, 4.69) is 19.1 Å². The van der Waals surface area contributed by atoms with Crippen LogP contribution in [0.3, 0.4) is 0 Å². The number of para-hydroxylation sites is 1. The van der Waals surface area contributed by atoms with Crippen molar-refractivity contribution in [3.05, 3.63) is 131 Å². The first kappa shape index (κ1) is 21.4. The Kier molecular flexibility index (Phi) is 6.66. The average molecular weight is 422 g/mol. The van der Waals surface area contributed by atoms with Crippen LogP contribution >= 0.6 is 0 Å². The third-order valence-electron chi connectivity index (χ3n) is 5.54. The Morgan fingerprint density at radius 2 is 1.41 bits per heavy atom. The summed E-state index contributed by atoms with van der Waals surface area (Å²) >= 11 is 0. The molecule has 0 aliphatic rings. The van der Waals surface area contributed by atoms with Crippen LogP contribution in [-0.2, 0) is 6.54 Å². The molecule has 0 aliphatic heterocycles. The third-order valence-corrected chi connectivity index (χ3v) is 5.54. The maximum absolute atomic E-state index is 13.5. The molecule has 0 radical (unpaired) electrons. The van der Waals surface area contributed by atoms with Crippen LogP contribution in [0.4, 0.5) is 0 Å². The van der Waals surface area contributed by atoms with Crippen LogP contribution in [0.2, 0.25) is 0 Å². The van der Waals surface area contributed by atoms with Crippen molar-refractivity contribution in [1.29, 1.82) is 0 Å². The minimum atomic E-state index is -0.0799. The molecule has 0 fully saturated rings. The van der Waals surface area contributed by atoms with Crippen LogP contribution in [0.1, 0.15) is 40.0 Å². The number of aryl methyl sites for hydroxylation is 1. The number of hydrogen-bond donors (Lipinski definition) is 0. The van der Waals surface area contributed by atoms with Gasteiger partial charge in [-0.3, -0.25) is 4.79 Å². The van der Waals surface area contributed by atoms with Crippen molar-refractivity contribution in [2.24, 2.45) is 0 Å². The van der Waals surface area contributed by atoms with E-state index in [1.54, 1.807) is 0 Å². The van der Waals surface area contributed by atoms with Gasteiger partial charge in [0.05, 0.1) is 6.04 Å². The van der Waals surface area contributed by atoms with Gasteiger partial charge in [-0.2, -0.15) is 0 Å². The van der Waals surface area contributed by atoms with Gasteiger partial charge in [-0.25, -0.2) is 0 Å². The zero-order valence-corrected chi connectivity index (χ0v) is 18.4. The Balaban J connectivity index is 1.62. The first-order valence-corrected chi connectivity index (χ1v) is 10.8. The van der Waals surface area contributed by atoms with Gasteiger partial charge in [0, 0.05) is 12.1 Å². The molecule has 0 N–H and O–H groups in total. The minimum Gasteiger partial charge on any atom is -0.457 e. The van der Waals surface area contributed by atoms with E-state index in [4.69, 9.17) is 4.74 Å². The number of benzene rings is 4. The summed E-state index contributed by atoms with van der Waals surface area (Å²) in [6, 6.07) is 35.5. The predicted octanol–water partition coefficient (Wildman–Crippen LogP) is 7.19. The number of nitrogens with zero attached hydrogens (tertiary/aromatic N) is 1. The fraction of sp³-hybridized carbons (Fsp3) is 0.138. The lowest BCUT2D eigenvalue weighted by Crippen LogP contribution is -2.33. The van der Waals surface area contributed by atoms with Gasteiger partial charge in [0.15, 0.2) is 0 Å². The average Bonchev–Trinajstić information content (AvgIpc) is 2.84. The van der Waals surface area contributed by atoms with Gasteiger partial charge in [-0.15, -0.1) is 0 Å². The van der Waals surface area contributed by atoms with E-state index in [-0.39, 0.29) is 11.9 Å². The normalized spacial score (nSPS) is 11.6. The van der Waals surface area contributed by atoms with E-state index in [9.17, 15) is 4.79 Å². The first-order chi connectivity index (χ1) is 15.6. The van der Waals surface area contributed by atoms with Crippen molar-refractivity contribution in [2.45, 2.75) is 26.4 Å². The molecule has 1 unspecified atom stereocenters. The number of carbonyl (C=O) groups excluding carboxylic acids is 1. The Morgan fingerprint density at radius 3 is 2.09 bits per heavy atom. The van der Waals surface area contributed by atoms with E-state index >= 15 is 0 Å². The zero-order chi connectivity index (χ0) is 22.3. The van der Waals surface area contributed by atoms with Gasteiger partial charge in [0.1, 0.15) is 11.5 Å². The SMILES string of the molecule is Cc1ccc(C(=O)N(Cc2cccc(Oc3ccccc3)c2)C(C)c2ccccc2)cc1. The van der Waals surface area contributed by atoms with Crippen molar-refractivity contribution >= 4 is 5.91 Å². The standard InChI is InChI=1S/C29H27NO2/c1-22-16-18-26(19-17-22)29(31)30(23(2)25-11-5-3-6-12-25)21-24-10-9-15-28(20-24)32-27-13-7-4-8-14-27/h3-20,23H,21H2,1-2H3. The Hall–Kier alpha value is -3.85. The van der Waals surface area contributed by atoms with Crippen LogP contribution in [0.25, 0.3) is 0 Å². The number of amides is 1. The number of hydrogen-bond acceptors (Lipinski definition) is 2. The van der Waals surface area contributed by atoms with E-state index in [0.717, 1.165) is 28.2 Å². The first-order valence-electron chi connectivity index (χ1n) is 10.8. The molecule has 0 heterocycles. The van der Waals surface area contributed by atoms with Crippen LogP contribution < -0.4 is 4.74 Å². The molecule has 3 nitrogen and oxygen atoms in total. The molecule has 1 atom stereocenters. The molecule has 3 heteroatoms. The molecule has 4 rings (SSSR count). The lowest BCUT2D eigenvalue weighted by Gasteiger charge is -2.30. The summed E-state index contributed by atoms with van der Waals surface area (Å²) in [5.74, 6) is 1.55. The summed E-state index contributed by atoms with van der Waals surface area (Å²) in [5, 5.41) is 0. The van der Waals surface area contributed by atoms with Crippen LogP contribution in [0, 0.1) is 6.92 Å². The highest BCUT2D eigenvalue weighted by molar-refractivity contribution is 5.94. The minimum absolute atomic E-state index is 0.00994. The van der Waals surface area contributed by atoms with Crippen molar-refractivity contribution < 1.29 is 9.53 Å². The zero-order valence-electron chi connectivity index (χ0n) is 18.4. The molecule has 0 saturated carbocycles. The van der Waals surface area contributed by atoms with Crippen molar-refractivity contribution in [1.82, 2.24) is 4.90 Å². The second kappa shape index (κ2) is 9.97. The van der Waals surface area contributed by atoms with Crippen molar-refractivity contribution in [3.8, 4) is 11.5 Å². The van der Waals surface area contributed by atoms with Crippen LogP contribution in [-0.4, -0.2) is 10.8 Å². The van der Waals surface area contributed by atoms with Crippen LogP contribution in [0.15, 0.2) is 109 Å². The maximum atomic E-state index is 13.5. The molecule has 160 valence electrons. The van der Waals surface area contributed by atoms with Gasteiger partial charge >= 0.3 is 0 Å². The van der Waals surface area contributed by atoms with Gasteiger partial charge in [0.25, 0.3) is 5.91 Å². The second-order valence-corrected chi connectivity index (χ2v) is 7.95. The van der Waals surface area contributed by atoms with Gasteiger partial charge in [-0.05, 0) is 61.4 Å². The molecule has 32 heavy (non-hydrogen) atoms. The molecule has 1 amide bonds. The fourth-order valence-electron chi connectivity index (χ4n) is 3.69. The number of ether oxygens (including phenoxy) is 1. The molecule has 0 aromatic heterocycles. The number of carbonyl (C=O) groups is 1. The largest absolute Gasteiger partial charge is 0.457 e. The molecule has 4 aromatic carbocycles. The lowest BCUT2D eigenvalue weighted by molar-refractivity contribution is 0.0674. The highest BCUT2D eigenvalue weighted by atomic mass is 16.5. The molecule has 0 saturated heterocycles. The summed E-state index contributed by atoms with van der Waals surface area (Å²) in [6.07, 6.45) is 0. The molecule has 0 bridgehead atoms. The summed E-state index contributed by atoms with van der Waals surface area (Å²) in [4.78, 5) is 15.5. The van der Waals surface area contributed by atoms with Gasteiger partial charge in [0.2, 0.25) is 0 Å². The molecular weight excluding hydrogens is 394 g/mol. The van der Waals surface area contributed by atoms with Crippen molar-refractivity contribution in [3.63, 3.8) is 0 Å². The molecule has 0 aliphatic carbocycles. The second-order valence-electron chi connectivity index (χ2n) is 7.95. The highest BCUT2D eigenvalue weighted by Crippen LogP contribution is 2.27. The summed E-state index contributed by atoms with van der Waals surface area (Å²) in [7, 11) is 0. The molecule has 0 spiro atoms. The summed E-state index contributed by atoms with van der Waals surface area (Å²) < 4.78 is 6.00. The fourth-order valence-corrected chi connectivity index (χ4v) is 3.69. The van der Waals surface area contributed by atoms with E-state index in [0.29, 0.717) is 12.1 Å². The van der Waals surface area contributed by atoms with Gasteiger partial charge < -0.3 is 9.64 Å². The summed E-state index contributed by atoms with van der Waals surface area (Å²) in [5.41, 5.74) is 3.94. The van der Waals surface area contributed by atoms with Crippen LogP contribution in [0.5, 0.6) is 11.5 Å². The van der Waals surface area contributed by atoms with Gasteiger partial charge in [-0.1, -0.05) is 78.4 Å². The highest BCUT2D eigenvalue weighted by Gasteiger charge is 2.23. The van der Waals surface area contributed by atoms with E-state index in [1.165, 1.54) is 0 Å². The predicted molar refractivity (Wildman–Crippen MR) is 129 cm³/mol. The van der Waals surface area contributed by atoms with Crippen molar-refractivity contribution in [2.75, 3.05) is 0 Å². The summed E-state index contributed by atoms with van der Waals surface area (Å²) in [6.45, 7) is 4.58. The molecule has 4 aromatic rings. The monoisotopic (exact) mass is 421 g/mol. The Bertz CT molecular complexity index is 1150. The lowest BCUT2D eigenvalue weighted by atomic mass is 10.0. The maximum Gasteiger partial charge on any atom is 0.254 e. The topological polar surface area (TPSA) is 29.5 Å². The number of rotatable bonds is 7. The van der Waals surface area contributed by atoms with E-state index < -0.39 is 0 Å².